The molecule has 2 aromatic rings. The molecule has 0 bridgehead atoms. The molecule has 0 saturated heterocycles. The van der Waals surface area contributed by atoms with Crippen LogP contribution in [0.1, 0.15) is 48.2 Å². The van der Waals surface area contributed by atoms with Gasteiger partial charge in [-0.05, 0) is 55.5 Å². The van der Waals surface area contributed by atoms with E-state index in [1.54, 1.807) is 11.3 Å². The van der Waals surface area contributed by atoms with Crippen LogP contribution in [0.5, 0.6) is 5.75 Å². The highest BCUT2D eigenvalue weighted by atomic mass is 32.1. The number of nitrogens with zero attached hydrogens (tertiary/aromatic N) is 1. The zero-order chi connectivity index (χ0) is 14.5. The van der Waals surface area contributed by atoms with Gasteiger partial charge in [0.1, 0.15) is 12.4 Å². The summed E-state index contributed by atoms with van der Waals surface area (Å²) in [6.07, 6.45) is 6.72. The number of ether oxygens (including phenoxy) is 1. The molecule has 21 heavy (non-hydrogen) atoms. The molecule has 0 amide bonds. The third-order valence-electron chi connectivity index (χ3n) is 3.93. The van der Waals surface area contributed by atoms with E-state index in [9.17, 15) is 0 Å². The molecule has 0 spiro atoms. The minimum absolute atomic E-state index is 0.518. The van der Waals surface area contributed by atoms with Crippen molar-refractivity contribution in [3.05, 3.63) is 45.9 Å². The van der Waals surface area contributed by atoms with Crippen LogP contribution >= 0.6 is 11.3 Å². The number of fused-ring (bicyclic) bond motifs is 1. The van der Waals surface area contributed by atoms with E-state index in [0.717, 1.165) is 23.6 Å². The van der Waals surface area contributed by atoms with Crippen LogP contribution in [-0.2, 0) is 13.0 Å². The number of aromatic nitrogens is 1. The van der Waals surface area contributed by atoms with E-state index in [2.05, 4.69) is 35.4 Å². The first-order chi connectivity index (χ1) is 10.4. The van der Waals surface area contributed by atoms with E-state index in [-0.39, 0.29) is 0 Å². The Kier molecular flexibility index (Phi) is 4.88. The molecule has 1 aromatic carbocycles. The number of hydrogen-bond acceptors (Lipinski definition) is 4. The molecule has 1 N–H and O–H groups in total. The topological polar surface area (TPSA) is 34.1 Å². The molecule has 1 atom stereocenters. The maximum absolute atomic E-state index is 5.88. The molecule has 3 nitrogen and oxygen atoms in total. The standard InChI is InChI=1S/C17H22N2OS/c1-2-8-19-17-5-3-4-13-9-14(6-7-16(13)17)20-11-15-10-18-12-21-15/h6-7,9-10,12,17,19H,2-5,8,11H2,1H3. The van der Waals surface area contributed by atoms with Crippen molar-refractivity contribution in [1.82, 2.24) is 10.3 Å². The van der Waals surface area contributed by atoms with E-state index in [1.807, 2.05) is 11.7 Å². The van der Waals surface area contributed by atoms with Gasteiger partial charge in [-0.2, -0.15) is 0 Å². The molecule has 1 heterocycles. The molecule has 1 aromatic heterocycles. The first-order valence-electron chi connectivity index (χ1n) is 7.73. The van der Waals surface area contributed by atoms with Crippen LogP contribution in [0.3, 0.4) is 0 Å². The molecule has 1 aliphatic carbocycles. The van der Waals surface area contributed by atoms with Crippen molar-refractivity contribution in [2.45, 2.75) is 45.3 Å². The van der Waals surface area contributed by atoms with Crippen LogP contribution in [0.15, 0.2) is 29.9 Å². The Morgan fingerprint density at radius 2 is 2.38 bits per heavy atom. The first kappa shape index (κ1) is 14.5. The summed E-state index contributed by atoms with van der Waals surface area (Å²) in [7, 11) is 0. The number of nitrogens with one attached hydrogen (secondary N) is 1. The summed E-state index contributed by atoms with van der Waals surface area (Å²) in [6, 6.07) is 7.08. The molecule has 3 rings (SSSR count). The number of hydrogen-bond donors (Lipinski definition) is 1. The summed E-state index contributed by atoms with van der Waals surface area (Å²) in [5.74, 6) is 0.971. The van der Waals surface area contributed by atoms with Crippen molar-refractivity contribution in [3.8, 4) is 5.75 Å². The fraction of sp³-hybridized carbons (Fsp3) is 0.471. The molecule has 0 radical (unpaired) electrons. The van der Waals surface area contributed by atoms with Crippen LogP contribution in [-0.4, -0.2) is 11.5 Å². The Bertz CT molecular complexity index is 568. The van der Waals surface area contributed by atoms with Gasteiger partial charge in [0.2, 0.25) is 0 Å². The zero-order valence-electron chi connectivity index (χ0n) is 12.5. The van der Waals surface area contributed by atoms with Gasteiger partial charge in [-0.15, -0.1) is 11.3 Å². The van der Waals surface area contributed by atoms with Crippen LogP contribution in [0.2, 0.25) is 0 Å². The summed E-state index contributed by atoms with van der Waals surface area (Å²) >= 11 is 1.63. The van der Waals surface area contributed by atoms with E-state index in [0.29, 0.717) is 12.6 Å². The molecule has 0 saturated carbocycles. The second kappa shape index (κ2) is 7.05. The Morgan fingerprint density at radius 3 is 3.19 bits per heavy atom. The minimum atomic E-state index is 0.518. The zero-order valence-corrected chi connectivity index (χ0v) is 13.3. The largest absolute Gasteiger partial charge is 0.488 e. The van der Waals surface area contributed by atoms with Crippen molar-refractivity contribution in [1.29, 1.82) is 0 Å². The van der Waals surface area contributed by atoms with Crippen molar-refractivity contribution in [2.75, 3.05) is 6.54 Å². The normalized spacial score (nSPS) is 17.5. The predicted molar refractivity (Wildman–Crippen MR) is 86.9 cm³/mol. The number of rotatable bonds is 6. The molecular formula is C17H22N2OS. The second-order valence-electron chi connectivity index (χ2n) is 5.52. The van der Waals surface area contributed by atoms with Crippen molar-refractivity contribution >= 4 is 11.3 Å². The third kappa shape index (κ3) is 3.63. The summed E-state index contributed by atoms with van der Waals surface area (Å²) in [6.45, 7) is 3.92. The summed E-state index contributed by atoms with van der Waals surface area (Å²) < 4.78 is 5.88. The van der Waals surface area contributed by atoms with Gasteiger partial charge in [-0.3, -0.25) is 4.98 Å². The maximum Gasteiger partial charge on any atom is 0.124 e. The molecule has 1 aliphatic rings. The third-order valence-corrected chi connectivity index (χ3v) is 4.69. The van der Waals surface area contributed by atoms with Gasteiger partial charge >= 0.3 is 0 Å². The fourth-order valence-corrected chi connectivity index (χ4v) is 3.38. The Hall–Kier alpha value is -1.39. The van der Waals surface area contributed by atoms with Gasteiger partial charge < -0.3 is 10.1 Å². The quantitative estimate of drug-likeness (QED) is 0.872. The Labute approximate surface area is 130 Å². The smallest absolute Gasteiger partial charge is 0.124 e. The number of thiazole rings is 1. The Morgan fingerprint density at radius 1 is 1.43 bits per heavy atom. The van der Waals surface area contributed by atoms with E-state index in [1.165, 1.54) is 30.4 Å². The van der Waals surface area contributed by atoms with Crippen LogP contribution in [0, 0.1) is 0 Å². The van der Waals surface area contributed by atoms with E-state index >= 15 is 0 Å². The lowest BCUT2D eigenvalue weighted by molar-refractivity contribution is 0.308. The number of aryl methyl sites for hydroxylation is 1. The summed E-state index contributed by atoms with van der Waals surface area (Å²) in [4.78, 5) is 5.24. The van der Waals surface area contributed by atoms with Crippen molar-refractivity contribution in [3.63, 3.8) is 0 Å². The molecule has 4 heteroatoms. The summed E-state index contributed by atoms with van der Waals surface area (Å²) in [5, 5.41) is 3.65. The van der Waals surface area contributed by atoms with Crippen molar-refractivity contribution < 1.29 is 4.74 Å². The van der Waals surface area contributed by atoms with Gasteiger partial charge in [0.15, 0.2) is 0 Å². The van der Waals surface area contributed by atoms with E-state index < -0.39 is 0 Å². The van der Waals surface area contributed by atoms with Crippen molar-refractivity contribution in [2.24, 2.45) is 0 Å². The first-order valence-corrected chi connectivity index (χ1v) is 8.61. The molecule has 1 unspecified atom stereocenters. The summed E-state index contributed by atoms with van der Waals surface area (Å²) in [5.41, 5.74) is 4.74. The SMILES string of the molecule is CCCNC1CCCc2cc(OCc3cncs3)ccc21. The average molecular weight is 302 g/mol. The highest BCUT2D eigenvalue weighted by Crippen LogP contribution is 2.32. The van der Waals surface area contributed by atoms with E-state index in [4.69, 9.17) is 4.74 Å². The average Bonchev–Trinajstić information content (AvgIpc) is 3.04. The monoisotopic (exact) mass is 302 g/mol. The highest BCUT2D eigenvalue weighted by Gasteiger charge is 2.19. The van der Waals surface area contributed by atoms with Crippen LogP contribution in [0.4, 0.5) is 0 Å². The number of benzene rings is 1. The molecular weight excluding hydrogens is 280 g/mol. The maximum atomic E-state index is 5.88. The predicted octanol–water partition coefficient (Wildman–Crippen LogP) is 4.10. The van der Waals surface area contributed by atoms with Gasteiger partial charge in [-0.1, -0.05) is 13.0 Å². The molecule has 0 fully saturated rings. The fourth-order valence-electron chi connectivity index (χ4n) is 2.88. The van der Waals surface area contributed by atoms with Gasteiger partial charge in [0.25, 0.3) is 0 Å². The van der Waals surface area contributed by atoms with Crippen LogP contribution < -0.4 is 10.1 Å². The lowest BCUT2D eigenvalue weighted by Crippen LogP contribution is -2.25. The second-order valence-corrected chi connectivity index (χ2v) is 6.49. The van der Waals surface area contributed by atoms with Gasteiger partial charge in [-0.25, -0.2) is 0 Å². The minimum Gasteiger partial charge on any atom is -0.488 e. The lowest BCUT2D eigenvalue weighted by atomic mass is 9.87. The highest BCUT2D eigenvalue weighted by molar-refractivity contribution is 7.09. The molecule has 0 aliphatic heterocycles. The van der Waals surface area contributed by atoms with Gasteiger partial charge in [0, 0.05) is 12.2 Å². The molecule has 112 valence electrons. The lowest BCUT2D eigenvalue weighted by Gasteiger charge is -2.27. The Balaban J connectivity index is 1.68. The van der Waals surface area contributed by atoms with Gasteiger partial charge in [0.05, 0.1) is 10.4 Å². The van der Waals surface area contributed by atoms with Crippen LogP contribution in [0.25, 0.3) is 0 Å².